The fraction of sp³-hybridized carbons (Fsp3) is 0.538. The molecule has 0 N–H and O–H groups in total. The van der Waals surface area contributed by atoms with Crippen LogP contribution in [0, 0.1) is 0 Å². The Kier molecular flexibility index (Phi) is 3.99. The zero-order valence-electron chi connectivity index (χ0n) is 10.0. The van der Waals surface area contributed by atoms with Crippen molar-refractivity contribution < 1.29 is 9.47 Å². The Bertz CT molecular complexity index is 408. The molecule has 0 bridgehead atoms. The molecule has 17 heavy (non-hydrogen) atoms. The first kappa shape index (κ1) is 13.2. The van der Waals surface area contributed by atoms with Crippen LogP contribution < -0.4 is 0 Å². The molecule has 94 valence electrons. The van der Waals surface area contributed by atoms with Crippen LogP contribution >= 0.6 is 23.2 Å². The summed E-state index contributed by atoms with van der Waals surface area (Å²) >= 11 is 12.1. The van der Waals surface area contributed by atoms with Crippen molar-refractivity contribution in [2.24, 2.45) is 0 Å². The third-order valence-corrected chi connectivity index (χ3v) is 3.52. The van der Waals surface area contributed by atoms with Gasteiger partial charge in [0.05, 0.1) is 17.7 Å². The molecule has 0 unspecified atom stereocenters. The molecule has 0 amide bonds. The van der Waals surface area contributed by atoms with E-state index in [0.29, 0.717) is 16.7 Å². The Morgan fingerprint density at radius 2 is 2.18 bits per heavy atom. The average molecular weight is 275 g/mol. The molecule has 1 aromatic carbocycles. The molecule has 0 aliphatic carbocycles. The molecule has 0 aromatic heterocycles. The summed E-state index contributed by atoms with van der Waals surface area (Å²) in [5.41, 5.74) is 0.835. The summed E-state index contributed by atoms with van der Waals surface area (Å²) in [6.07, 6.45) is 2.23. The van der Waals surface area contributed by atoms with Gasteiger partial charge in [0, 0.05) is 10.6 Å². The zero-order valence-corrected chi connectivity index (χ0v) is 11.5. The number of ether oxygens (including phenoxy) is 2. The fourth-order valence-corrected chi connectivity index (χ4v) is 2.68. The lowest BCUT2D eigenvalue weighted by atomic mass is 10.1. The standard InChI is InChI=1S/C13H16Cl2O2/c1-3-4-10-8-16-13(2,17-10)11-6-5-9(14)7-12(11)15/h5-7,10H,3-4,8H2,1-2H3/t10-,13-/m1/s1. The molecule has 2 atom stereocenters. The minimum Gasteiger partial charge on any atom is -0.343 e. The van der Waals surface area contributed by atoms with Crippen LogP contribution in [0.5, 0.6) is 0 Å². The molecule has 1 heterocycles. The van der Waals surface area contributed by atoms with Crippen molar-refractivity contribution in [3.05, 3.63) is 33.8 Å². The number of hydrogen-bond donors (Lipinski definition) is 0. The van der Waals surface area contributed by atoms with Gasteiger partial charge in [-0.2, -0.15) is 0 Å². The quantitative estimate of drug-likeness (QED) is 0.814. The van der Waals surface area contributed by atoms with Crippen molar-refractivity contribution in [2.45, 2.75) is 38.6 Å². The third kappa shape index (κ3) is 2.76. The first-order chi connectivity index (χ1) is 8.05. The maximum Gasteiger partial charge on any atom is 0.193 e. The summed E-state index contributed by atoms with van der Waals surface area (Å²) in [6.45, 7) is 4.65. The second-order valence-electron chi connectivity index (χ2n) is 4.41. The minimum atomic E-state index is -0.749. The maximum atomic E-state index is 6.18. The van der Waals surface area contributed by atoms with Gasteiger partial charge in [0.1, 0.15) is 0 Å². The van der Waals surface area contributed by atoms with Gasteiger partial charge in [0.2, 0.25) is 0 Å². The highest BCUT2D eigenvalue weighted by Gasteiger charge is 2.39. The number of hydrogen-bond acceptors (Lipinski definition) is 2. The highest BCUT2D eigenvalue weighted by atomic mass is 35.5. The van der Waals surface area contributed by atoms with Gasteiger partial charge >= 0.3 is 0 Å². The van der Waals surface area contributed by atoms with Crippen molar-refractivity contribution in [3.63, 3.8) is 0 Å². The van der Waals surface area contributed by atoms with Crippen molar-refractivity contribution in [1.82, 2.24) is 0 Å². The Balaban J connectivity index is 2.21. The number of rotatable bonds is 3. The average Bonchev–Trinajstić information content (AvgIpc) is 2.61. The molecule has 1 aliphatic rings. The molecule has 4 heteroatoms. The molecule has 1 aliphatic heterocycles. The Morgan fingerprint density at radius 3 is 2.82 bits per heavy atom. The van der Waals surface area contributed by atoms with Crippen molar-refractivity contribution in [2.75, 3.05) is 6.61 Å². The van der Waals surface area contributed by atoms with Gasteiger partial charge in [0.25, 0.3) is 0 Å². The molecular formula is C13H16Cl2O2. The van der Waals surface area contributed by atoms with E-state index in [9.17, 15) is 0 Å². The van der Waals surface area contributed by atoms with Gasteiger partial charge in [-0.05, 0) is 25.5 Å². The molecule has 1 saturated heterocycles. The minimum absolute atomic E-state index is 0.150. The van der Waals surface area contributed by atoms with Crippen LogP contribution in [-0.4, -0.2) is 12.7 Å². The molecule has 1 fully saturated rings. The first-order valence-corrected chi connectivity index (χ1v) is 6.58. The molecule has 2 nitrogen and oxygen atoms in total. The summed E-state index contributed by atoms with van der Waals surface area (Å²) in [6, 6.07) is 5.37. The fourth-order valence-electron chi connectivity index (χ4n) is 2.10. The molecule has 2 rings (SSSR count). The van der Waals surface area contributed by atoms with Crippen LogP contribution in [0.2, 0.25) is 10.0 Å². The maximum absolute atomic E-state index is 6.18. The Labute approximate surface area is 112 Å². The summed E-state index contributed by atoms with van der Waals surface area (Å²) < 4.78 is 11.7. The van der Waals surface area contributed by atoms with Gasteiger partial charge in [-0.1, -0.05) is 42.6 Å². The van der Waals surface area contributed by atoms with Crippen molar-refractivity contribution in [1.29, 1.82) is 0 Å². The van der Waals surface area contributed by atoms with E-state index in [4.69, 9.17) is 32.7 Å². The van der Waals surface area contributed by atoms with Crippen molar-refractivity contribution >= 4 is 23.2 Å². The van der Waals surface area contributed by atoms with E-state index < -0.39 is 5.79 Å². The van der Waals surface area contributed by atoms with E-state index >= 15 is 0 Å². The van der Waals surface area contributed by atoms with E-state index in [-0.39, 0.29) is 6.10 Å². The summed E-state index contributed by atoms with van der Waals surface area (Å²) in [5, 5.41) is 1.20. The van der Waals surface area contributed by atoms with E-state index in [1.807, 2.05) is 13.0 Å². The van der Waals surface area contributed by atoms with E-state index in [1.165, 1.54) is 0 Å². The van der Waals surface area contributed by atoms with Crippen LogP contribution in [-0.2, 0) is 15.3 Å². The van der Waals surface area contributed by atoms with Gasteiger partial charge in [-0.3, -0.25) is 0 Å². The van der Waals surface area contributed by atoms with Gasteiger partial charge in [0.15, 0.2) is 5.79 Å². The van der Waals surface area contributed by atoms with Crippen LogP contribution in [0.3, 0.4) is 0 Å². The van der Waals surface area contributed by atoms with Gasteiger partial charge < -0.3 is 9.47 Å². The molecule has 0 saturated carbocycles. The lowest BCUT2D eigenvalue weighted by Crippen LogP contribution is -2.24. The lowest BCUT2D eigenvalue weighted by Gasteiger charge is -2.25. The number of halogens is 2. The molecular weight excluding hydrogens is 259 g/mol. The van der Waals surface area contributed by atoms with E-state index in [2.05, 4.69) is 6.92 Å². The highest BCUT2D eigenvalue weighted by Crippen LogP contribution is 2.39. The Hall–Kier alpha value is -0.280. The van der Waals surface area contributed by atoms with E-state index in [0.717, 1.165) is 18.4 Å². The predicted molar refractivity (Wildman–Crippen MR) is 69.5 cm³/mol. The van der Waals surface area contributed by atoms with Crippen LogP contribution in [0.25, 0.3) is 0 Å². The van der Waals surface area contributed by atoms with E-state index in [1.54, 1.807) is 12.1 Å². The van der Waals surface area contributed by atoms with Crippen molar-refractivity contribution in [3.8, 4) is 0 Å². The monoisotopic (exact) mass is 274 g/mol. The summed E-state index contributed by atoms with van der Waals surface area (Å²) in [5.74, 6) is -0.749. The zero-order chi connectivity index (χ0) is 12.5. The smallest absolute Gasteiger partial charge is 0.193 e. The molecule has 1 aromatic rings. The van der Waals surface area contributed by atoms with Crippen LogP contribution in [0.15, 0.2) is 18.2 Å². The Morgan fingerprint density at radius 1 is 1.41 bits per heavy atom. The lowest BCUT2D eigenvalue weighted by molar-refractivity contribution is -0.162. The van der Waals surface area contributed by atoms with Crippen LogP contribution in [0.4, 0.5) is 0 Å². The third-order valence-electron chi connectivity index (χ3n) is 2.97. The second-order valence-corrected chi connectivity index (χ2v) is 5.25. The summed E-state index contributed by atoms with van der Waals surface area (Å²) in [7, 11) is 0. The second kappa shape index (κ2) is 5.15. The molecule has 0 radical (unpaired) electrons. The SMILES string of the molecule is CCC[C@@H]1CO[C@@](C)(c2ccc(Cl)cc2Cl)O1. The summed E-state index contributed by atoms with van der Waals surface area (Å²) in [4.78, 5) is 0. The normalized spacial score (nSPS) is 28.6. The largest absolute Gasteiger partial charge is 0.343 e. The van der Waals surface area contributed by atoms with Gasteiger partial charge in [-0.25, -0.2) is 0 Å². The highest BCUT2D eigenvalue weighted by molar-refractivity contribution is 6.35. The first-order valence-electron chi connectivity index (χ1n) is 5.82. The number of benzene rings is 1. The van der Waals surface area contributed by atoms with Crippen LogP contribution in [0.1, 0.15) is 32.3 Å². The molecule has 0 spiro atoms. The predicted octanol–water partition coefficient (Wildman–Crippen LogP) is 4.38. The topological polar surface area (TPSA) is 18.5 Å². The van der Waals surface area contributed by atoms with Gasteiger partial charge in [-0.15, -0.1) is 0 Å².